The first-order valence-corrected chi connectivity index (χ1v) is 5.41. The molecule has 3 heteroatoms. The van der Waals surface area contributed by atoms with Crippen LogP contribution in [0.15, 0.2) is 0 Å². The Labute approximate surface area is 87.2 Å². The normalized spacial score (nSPS) is 11.0. The molecule has 0 amide bonds. The second-order valence-corrected chi connectivity index (χ2v) is 4.29. The highest BCUT2D eigenvalue weighted by Crippen LogP contribution is 1.97. The summed E-state index contributed by atoms with van der Waals surface area (Å²) in [6, 6.07) is 0.488. The van der Waals surface area contributed by atoms with Gasteiger partial charge in [-0.1, -0.05) is 27.7 Å². The molecule has 0 spiro atoms. The number of ether oxygens (including phenoxy) is 1. The molecule has 0 aliphatic carbocycles. The zero-order valence-electron chi connectivity index (χ0n) is 9.80. The van der Waals surface area contributed by atoms with Gasteiger partial charge < -0.3 is 10.1 Å². The van der Waals surface area contributed by atoms with Gasteiger partial charge in [0.1, 0.15) is 0 Å². The van der Waals surface area contributed by atoms with Crippen LogP contribution in [0.3, 0.4) is 0 Å². The third-order valence-electron chi connectivity index (χ3n) is 1.69. The van der Waals surface area contributed by atoms with Gasteiger partial charge in [-0.15, -0.1) is 0 Å². The minimum atomic E-state index is -0.0794. The molecule has 0 unspecified atom stereocenters. The number of esters is 1. The predicted octanol–water partition coefficient (Wildman–Crippen LogP) is 1.96. The van der Waals surface area contributed by atoms with E-state index in [0.29, 0.717) is 25.0 Å². The maximum absolute atomic E-state index is 11.1. The molecule has 1 N–H and O–H groups in total. The molecule has 3 nitrogen and oxygen atoms in total. The van der Waals surface area contributed by atoms with Crippen molar-refractivity contribution in [3.05, 3.63) is 0 Å². The smallest absolute Gasteiger partial charge is 0.305 e. The highest BCUT2D eigenvalue weighted by Gasteiger charge is 2.03. The Bertz CT molecular complexity index is 155. The van der Waals surface area contributed by atoms with Crippen molar-refractivity contribution in [2.24, 2.45) is 5.92 Å². The van der Waals surface area contributed by atoms with Crippen LogP contribution in [0.5, 0.6) is 0 Å². The third kappa shape index (κ3) is 9.52. The lowest BCUT2D eigenvalue weighted by molar-refractivity contribution is -0.144. The van der Waals surface area contributed by atoms with Gasteiger partial charge in [0.25, 0.3) is 0 Å². The summed E-state index contributed by atoms with van der Waals surface area (Å²) in [4.78, 5) is 11.1. The van der Waals surface area contributed by atoms with Gasteiger partial charge in [-0.3, -0.25) is 4.79 Å². The SMILES string of the molecule is CC(C)COC(=O)CCCNC(C)C. The highest BCUT2D eigenvalue weighted by atomic mass is 16.5. The second kappa shape index (κ2) is 7.80. The lowest BCUT2D eigenvalue weighted by Crippen LogP contribution is -2.24. The molecule has 0 saturated heterocycles. The lowest BCUT2D eigenvalue weighted by Gasteiger charge is -2.08. The van der Waals surface area contributed by atoms with Crippen molar-refractivity contribution in [3.63, 3.8) is 0 Å². The van der Waals surface area contributed by atoms with Crippen molar-refractivity contribution in [1.29, 1.82) is 0 Å². The molecular formula is C11H23NO2. The molecule has 0 bridgehead atoms. The van der Waals surface area contributed by atoms with Crippen LogP contribution in [0.4, 0.5) is 0 Å². The molecule has 0 fully saturated rings. The van der Waals surface area contributed by atoms with Crippen LogP contribution in [0.25, 0.3) is 0 Å². The third-order valence-corrected chi connectivity index (χ3v) is 1.69. The van der Waals surface area contributed by atoms with Crippen molar-refractivity contribution in [2.75, 3.05) is 13.2 Å². The molecule has 0 aliphatic heterocycles. The summed E-state index contributed by atoms with van der Waals surface area (Å²) in [7, 11) is 0. The summed E-state index contributed by atoms with van der Waals surface area (Å²) in [6.07, 6.45) is 1.38. The summed E-state index contributed by atoms with van der Waals surface area (Å²) in [5, 5.41) is 3.26. The van der Waals surface area contributed by atoms with Gasteiger partial charge >= 0.3 is 5.97 Å². The van der Waals surface area contributed by atoms with E-state index in [1.165, 1.54) is 0 Å². The van der Waals surface area contributed by atoms with E-state index < -0.39 is 0 Å². The maximum atomic E-state index is 11.1. The molecule has 0 saturated carbocycles. The first-order valence-electron chi connectivity index (χ1n) is 5.41. The Morgan fingerprint density at radius 3 is 2.43 bits per heavy atom. The van der Waals surface area contributed by atoms with E-state index in [1.54, 1.807) is 0 Å². The van der Waals surface area contributed by atoms with E-state index in [9.17, 15) is 4.79 Å². The van der Waals surface area contributed by atoms with Crippen molar-refractivity contribution < 1.29 is 9.53 Å². The Hall–Kier alpha value is -0.570. The summed E-state index contributed by atoms with van der Waals surface area (Å²) in [5.74, 6) is 0.344. The largest absolute Gasteiger partial charge is 0.465 e. The van der Waals surface area contributed by atoms with Gasteiger partial charge in [0, 0.05) is 12.5 Å². The van der Waals surface area contributed by atoms with E-state index in [0.717, 1.165) is 13.0 Å². The standard InChI is InChI=1S/C11H23NO2/c1-9(2)8-14-11(13)6-5-7-12-10(3)4/h9-10,12H,5-8H2,1-4H3. The van der Waals surface area contributed by atoms with Gasteiger partial charge in [-0.25, -0.2) is 0 Å². The topological polar surface area (TPSA) is 38.3 Å². The number of hydrogen-bond donors (Lipinski definition) is 1. The van der Waals surface area contributed by atoms with Crippen LogP contribution in [0, 0.1) is 5.92 Å². The summed E-state index contributed by atoms with van der Waals surface area (Å²) < 4.78 is 5.04. The van der Waals surface area contributed by atoms with Crippen molar-refractivity contribution in [3.8, 4) is 0 Å². The minimum Gasteiger partial charge on any atom is -0.465 e. The van der Waals surface area contributed by atoms with E-state index in [4.69, 9.17) is 4.74 Å². The molecule has 0 aromatic carbocycles. The van der Waals surface area contributed by atoms with Gasteiger partial charge in [-0.05, 0) is 18.9 Å². The van der Waals surface area contributed by atoms with Gasteiger partial charge in [-0.2, -0.15) is 0 Å². The number of rotatable bonds is 7. The summed E-state index contributed by atoms with van der Waals surface area (Å²) in [5.41, 5.74) is 0. The van der Waals surface area contributed by atoms with Crippen LogP contribution >= 0.6 is 0 Å². The first-order chi connectivity index (χ1) is 6.52. The average molecular weight is 201 g/mol. The maximum Gasteiger partial charge on any atom is 0.305 e. The summed E-state index contributed by atoms with van der Waals surface area (Å²) >= 11 is 0. The van der Waals surface area contributed by atoms with E-state index >= 15 is 0 Å². The van der Waals surface area contributed by atoms with E-state index in [1.807, 2.05) is 13.8 Å². The zero-order valence-corrected chi connectivity index (χ0v) is 9.80. The second-order valence-electron chi connectivity index (χ2n) is 4.29. The van der Waals surface area contributed by atoms with Crippen LogP contribution in [0.1, 0.15) is 40.5 Å². The van der Waals surface area contributed by atoms with E-state index in [-0.39, 0.29) is 5.97 Å². The Balaban J connectivity index is 3.27. The molecule has 0 aliphatic rings. The van der Waals surface area contributed by atoms with Crippen molar-refractivity contribution >= 4 is 5.97 Å². The fourth-order valence-corrected chi connectivity index (χ4v) is 0.955. The minimum absolute atomic E-state index is 0.0794. The molecule has 0 rings (SSSR count). The highest BCUT2D eigenvalue weighted by molar-refractivity contribution is 5.69. The van der Waals surface area contributed by atoms with Crippen LogP contribution in [-0.2, 0) is 9.53 Å². The van der Waals surface area contributed by atoms with Crippen LogP contribution < -0.4 is 5.32 Å². The van der Waals surface area contributed by atoms with Gasteiger partial charge in [0.15, 0.2) is 0 Å². The fraction of sp³-hybridized carbons (Fsp3) is 0.909. The molecule has 0 aromatic heterocycles. The molecular weight excluding hydrogens is 178 g/mol. The van der Waals surface area contributed by atoms with Gasteiger partial charge in [0.2, 0.25) is 0 Å². The molecule has 84 valence electrons. The quantitative estimate of drug-likeness (QED) is 0.505. The zero-order chi connectivity index (χ0) is 11.0. The number of hydrogen-bond acceptors (Lipinski definition) is 3. The number of nitrogens with one attached hydrogen (secondary N) is 1. The number of carbonyl (C=O) groups excluding carboxylic acids is 1. The van der Waals surface area contributed by atoms with Crippen LogP contribution in [-0.4, -0.2) is 25.2 Å². The average Bonchev–Trinajstić information content (AvgIpc) is 2.08. The lowest BCUT2D eigenvalue weighted by atomic mass is 10.2. The van der Waals surface area contributed by atoms with Crippen LogP contribution in [0.2, 0.25) is 0 Å². The Morgan fingerprint density at radius 2 is 1.93 bits per heavy atom. The van der Waals surface area contributed by atoms with Crippen molar-refractivity contribution in [1.82, 2.24) is 5.32 Å². The Kier molecular flexibility index (Phi) is 7.48. The van der Waals surface area contributed by atoms with Gasteiger partial charge in [0.05, 0.1) is 6.61 Å². The molecule has 0 atom stereocenters. The first kappa shape index (κ1) is 13.4. The van der Waals surface area contributed by atoms with Crippen molar-refractivity contribution in [2.45, 2.75) is 46.6 Å². The molecule has 0 aromatic rings. The molecule has 0 heterocycles. The monoisotopic (exact) mass is 201 g/mol. The molecule has 14 heavy (non-hydrogen) atoms. The van der Waals surface area contributed by atoms with E-state index in [2.05, 4.69) is 19.2 Å². The fourth-order valence-electron chi connectivity index (χ4n) is 0.955. The summed E-state index contributed by atoms with van der Waals surface area (Å²) in [6.45, 7) is 9.68. The number of carbonyl (C=O) groups is 1. The molecule has 0 radical (unpaired) electrons. The predicted molar refractivity (Wildman–Crippen MR) is 58.2 cm³/mol. The Morgan fingerprint density at radius 1 is 1.29 bits per heavy atom.